The van der Waals surface area contributed by atoms with Crippen LogP contribution < -0.4 is 9.64 Å². The third-order valence-electron chi connectivity index (χ3n) is 6.21. The first-order chi connectivity index (χ1) is 16.5. The van der Waals surface area contributed by atoms with Gasteiger partial charge in [0.15, 0.2) is 0 Å². The number of fused-ring (bicyclic) bond motifs is 1. The van der Waals surface area contributed by atoms with E-state index in [9.17, 15) is 9.59 Å². The predicted octanol–water partition coefficient (Wildman–Crippen LogP) is 3.84. The van der Waals surface area contributed by atoms with E-state index in [-0.39, 0.29) is 17.8 Å². The lowest BCUT2D eigenvalue weighted by atomic mass is 9.93. The summed E-state index contributed by atoms with van der Waals surface area (Å²) >= 11 is 1.91. The number of ether oxygens (including phenoxy) is 2. The SMILES string of the molecule is CCOC(=O)CC1COc2ccc(N(C)C(=O)c3ccc(C(=N)N4CCSCC4)cc3)cc2C1. The molecule has 0 bridgehead atoms. The summed E-state index contributed by atoms with van der Waals surface area (Å²) in [6.07, 6.45) is 1.03. The van der Waals surface area contributed by atoms with Gasteiger partial charge in [-0.05, 0) is 49.2 Å². The minimum Gasteiger partial charge on any atom is -0.493 e. The lowest BCUT2D eigenvalue weighted by Gasteiger charge is -2.29. The Morgan fingerprint density at radius 2 is 1.85 bits per heavy atom. The topological polar surface area (TPSA) is 82.9 Å². The fraction of sp³-hybridized carbons (Fsp3) is 0.423. The fourth-order valence-corrected chi connectivity index (χ4v) is 5.19. The van der Waals surface area contributed by atoms with Crippen molar-refractivity contribution in [1.82, 2.24) is 4.90 Å². The summed E-state index contributed by atoms with van der Waals surface area (Å²) in [6, 6.07) is 13.0. The fourth-order valence-electron chi connectivity index (χ4n) is 4.29. The van der Waals surface area contributed by atoms with E-state index >= 15 is 0 Å². The molecule has 7 nitrogen and oxygen atoms in total. The largest absolute Gasteiger partial charge is 0.493 e. The zero-order valence-electron chi connectivity index (χ0n) is 19.7. The number of amidine groups is 1. The van der Waals surface area contributed by atoms with Crippen LogP contribution in [0.15, 0.2) is 42.5 Å². The molecule has 1 amide bonds. The Bertz CT molecular complexity index is 1050. The van der Waals surface area contributed by atoms with Gasteiger partial charge in [-0.3, -0.25) is 15.0 Å². The molecule has 0 spiro atoms. The van der Waals surface area contributed by atoms with Gasteiger partial charge in [0.1, 0.15) is 11.6 Å². The van der Waals surface area contributed by atoms with Crippen LogP contribution in [0.2, 0.25) is 0 Å². The summed E-state index contributed by atoms with van der Waals surface area (Å²) in [5.74, 6) is 3.12. The molecule has 0 radical (unpaired) electrons. The van der Waals surface area contributed by atoms with Crippen LogP contribution in [0.4, 0.5) is 5.69 Å². The van der Waals surface area contributed by atoms with Gasteiger partial charge >= 0.3 is 5.97 Å². The highest BCUT2D eigenvalue weighted by atomic mass is 32.2. The Labute approximate surface area is 204 Å². The minimum absolute atomic E-state index is 0.0594. The molecule has 2 aromatic rings. The lowest BCUT2D eigenvalue weighted by Crippen LogP contribution is -2.37. The molecule has 1 fully saturated rings. The van der Waals surface area contributed by atoms with Crippen LogP contribution in [-0.4, -0.2) is 67.5 Å². The van der Waals surface area contributed by atoms with Crippen LogP contribution >= 0.6 is 11.8 Å². The molecule has 180 valence electrons. The third-order valence-corrected chi connectivity index (χ3v) is 7.15. The van der Waals surface area contributed by atoms with Crippen molar-refractivity contribution in [3.8, 4) is 5.75 Å². The Kier molecular flexibility index (Phi) is 7.77. The van der Waals surface area contributed by atoms with Gasteiger partial charge in [0.2, 0.25) is 0 Å². The highest BCUT2D eigenvalue weighted by Crippen LogP contribution is 2.32. The van der Waals surface area contributed by atoms with Gasteiger partial charge in [-0.2, -0.15) is 11.8 Å². The Morgan fingerprint density at radius 3 is 2.56 bits per heavy atom. The van der Waals surface area contributed by atoms with E-state index in [1.165, 1.54) is 0 Å². The number of esters is 1. The maximum atomic E-state index is 13.1. The summed E-state index contributed by atoms with van der Waals surface area (Å²) in [4.78, 5) is 28.7. The normalized spacial score (nSPS) is 17.4. The molecule has 1 atom stereocenters. The average molecular weight is 482 g/mol. The van der Waals surface area contributed by atoms with Gasteiger partial charge in [-0.1, -0.05) is 12.1 Å². The van der Waals surface area contributed by atoms with Gasteiger partial charge in [0.25, 0.3) is 5.91 Å². The maximum Gasteiger partial charge on any atom is 0.306 e. The molecule has 8 heteroatoms. The molecule has 1 N–H and O–H groups in total. The minimum atomic E-state index is -0.210. The van der Waals surface area contributed by atoms with Crippen LogP contribution in [0.3, 0.4) is 0 Å². The van der Waals surface area contributed by atoms with E-state index in [0.717, 1.165) is 47.2 Å². The number of anilines is 1. The Morgan fingerprint density at radius 1 is 1.15 bits per heavy atom. The standard InChI is InChI=1S/C26H31N3O4S/c1-3-32-24(30)15-18-14-21-16-22(8-9-23(21)33-17-18)28(2)26(31)20-6-4-19(5-7-20)25(27)29-10-12-34-13-11-29/h4-9,16,18,27H,3,10-15,17H2,1-2H3. The predicted molar refractivity (Wildman–Crippen MR) is 135 cm³/mol. The first-order valence-electron chi connectivity index (χ1n) is 11.7. The second-order valence-corrected chi connectivity index (χ2v) is 9.80. The smallest absolute Gasteiger partial charge is 0.306 e. The van der Waals surface area contributed by atoms with E-state index in [4.69, 9.17) is 14.9 Å². The monoisotopic (exact) mass is 481 g/mol. The van der Waals surface area contributed by atoms with Crippen LogP contribution in [0.1, 0.15) is 34.8 Å². The van der Waals surface area contributed by atoms with E-state index in [0.29, 0.717) is 37.5 Å². The Balaban J connectivity index is 1.42. The molecule has 2 aromatic carbocycles. The molecule has 0 aliphatic carbocycles. The van der Waals surface area contributed by atoms with Crippen LogP contribution in [-0.2, 0) is 16.0 Å². The number of carbonyl (C=O) groups excluding carboxylic acids is 2. The van der Waals surface area contributed by atoms with Crippen molar-refractivity contribution in [2.45, 2.75) is 19.8 Å². The number of hydrogen-bond acceptors (Lipinski definition) is 6. The number of benzene rings is 2. The number of thioether (sulfide) groups is 1. The van der Waals surface area contributed by atoms with Crippen molar-refractivity contribution < 1.29 is 19.1 Å². The van der Waals surface area contributed by atoms with Crippen molar-refractivity contribution >= 4 is 35.2 Å². The summed E-state index contributed by atoms with van der Waals surface area (Å²) in [7, 11) is 1.76. The zero-order valence-corrected chi connectivity index (χ0v) is 20.5. The van der Waals surface area contributed by atoms with Crippen molar-refractivity contribution in [3.63, 3.8) is 0 Å². The number of amides is 1. The second-order valence-electron chi connectivity index (χ2n) is 8.57. The molecular formula is C26H31N3O4S. The zero-order chi connectivity index (χ0) is 24.1. The summed E-state index contributed by atoms with van der Waals surface area (Å²) in [6.45, 7) is 4.43. The van der Waals surface area contributed by atoms with Gasteiger partial charge in [0.05, 0.1) is 19.6 Å². The molecule has 2 aliphatic heterocycles. The number of nitrogens with zero attached hydrogens (tertiary/aromatic N) is 2. The molecule has 0 aromatic heterocycles. The molecule has 34 heavy (non-hydrogen) atoms. The Hall–Kier alpha value is -3.00. The third kappa shape index (κ3) is 5.55. The summed E-state index contributed by atoms with van der Waals surface area (Å²) < 4.78 is 10.9. The molecule has 2 aliphatic rings. The van der Waals surface area contributed by atoms with Crippen molar-refractivity contribution in [2.75, 3.05) is 49.8 Å². The van der Waals surface area contributed by atoms with Crippen molar-refractivity contribution in [1.29, 1.82) is 5.41 Å². The molecule has 1 unspecified atom stereocenters. The van der Waals surface area contributed by atoms with E-state index in [1.54, 1.807) is 31.0 Å². The second kappa shape index (κ2) is 11.0. The quantitative estimate of drug-likeness (QED) is 0.384. The molecule has 0 saturated carbocycles. The van der Waals surface area contributed by atoms with Crippen LogP contribution in [0, 0.1) is 11.3 Å². The average Bonchev–Trinajstić information content (AvgIpc) is 2.87. The van der Waals surface area contributed by atoms with Crippen molar-refractivity contribution in [2.24, 2.45) is 5.92 Å². The first-order valence-corrected chi connectivity index (χ1v) is 12.8. The maximum absolute atomic E-state index is 13.1. The number of nitrogens with one attached hydrogen (secondary N) is 1. The number of carbonyl (C=O) groups is 2. The van der Waals surface area contributed by atoms with E-state index in [2.05, 4.69) is 4.90 Å². The molecule has 1 saturated heterocycles. The highest BCUT2D eigenvalue weighted by molar-refractivity contribution is 7.99. The van der Waals surface area contributed by atoms with Crippen LogP contribution in [0.5, 0.6) is 5.75 Å². The van der Waals surface area contributed by atoms with Gasteiger partial charge in [0, 0.05) is 54.4 Å². The van der Waals surface area contributed by atoms with Crippen LogP contribution in [0.25, 0.3) is 0 Å². The number of rotatable bonds is 6. The van der Waals surface area contributed by atoms with E-state index in [1.807, 2.05) is 42.1 Å². The highest BCUT2D eigenvalue weighted by Gasteiger charge is 2.24. The van der Waals surface area contributed by atoms with Gasteiger partial charge in [-0.15, -0.1) is 0 Å². The summed E-state index contributed by atoms with van der Waals surface area (Å²) in [5, 5.41) is 8.47. The van der Waals surface area contributed by atoms with E-state index < -0.39 is 0 Å². The van der Waals surface area contributed by atoms with Crippen molar-refractivity contribution in [3.05, 3.63) is 59.2 Å². The first kappa shape index (κ1) is 24.1. The summed E-state index contributed by atoms with van der Waals surface area (Å²) in [5.41, 5.74) is 3.15. The van der Waals surface area contributed by atoms with Gasteiger partial charge < -0.3 is 19.3 Å². The van der Waals surface area contributed by atoms with Gasteiger partial charge in [-0.25, -0.2) is 0 Å². The molecular weight excluding hydrogens is 450 g/mol. The number of hydrogen-bond donors (Lipinski definition) is 1. The molecule has 2 heterocycles. The lowest BCUT2D eigenvalue weighted by molar-refractivity contribution is -0.144. The molecule has 4 rings (SSSR count).